The molecule has 5 rings (SSSR count). The molecule has 5 nitrogen and oxygen atoms in total. The lowest BCUT2D eigenvalue weighted by Gasteiger charge is -2.40. The normalized spacial score (nSPS) is 21.1. The number of hydrogen-bond donors (Lipinski definition) is 1. The van der Waals surface area contributed by atoms with E-state index in [9.17, 15) is 4.79 Å². The molecule has 1 N–H and O–H groups in total. The monoisotopic (exact) mass is 348 g/mol. The summed E-state index contributed by atoms with van der Waals surface area (Å²) in [6, 6.07) is 13.9. The highest BCUT2D eigenvalue weighted by Crippen LogP contribution is 2.39. The van der Waals surface area contributed by atoms with Gasteiger partial charge in [-0.15, -0.1) is 0 Å². The summed E-state index contributed by atoms with van der Waals surface area (Å²) >= 11 is 0. The Hall–Kier alpha value is -2.95. The quantitative estimate of drug-likeness (QED) is 0.922. The summed E-state index contributed by atoms with van der Waals surface area (Å²) in [4.78, 5) is 15.1. The van der Waals surface area contributed by atoms with Crippen LogP contribution in [-0.4, -0.2) is 36.7 Å². The van der Waals surface area contributed by atoms with Crippen molar-refractivity contribution >= 4 is 17.7 Å². The molecule has 1 fully saturated rings. The Morgan fingerprint density at radius 1 is 1.19 bits per heavy atom. The fraction of sp³-hybridized carbons (Fsp3) is 0.286. The molecule has 2 heterocycles. The van der Waals surface area contributed by atoms with E-state index in [0.717, 1.165) is 46.7 Å². The number of benzene rings is 2. The van der Waals surface area contributed by atoms with Gasteiger partial charge in [-0.2, -0.15) is 0 Å². The van der Waals surface area contributed by atoms with Crippen LogP contribution in [0.2, 0.25) is 0 Å². The molecule has 2 aromatic carbocycles. The fourth-order valence-electron chi connectivity index (χ4n) is 3.72. The molecule has 0 spiro atoms. The van der Waals surface area contributed by atoms with Gasteiger partial charge in [-0.25, -0.2) is 0 Å². The van der Waals surface area contributed by atoms with Gasteiger partial charge < -0.3 is 19.7 Å². The number of methoxy groups -OCH3 is 1. The maximum absolute atomic E-state index is 13.1. The Balaban J connectivity index is 1.54. The van der Waals surface area contributed by atoms with E-state index in [1.165, 1.54) is 0 Å². The molecule has 2 aromatic rings. The first kappa shape index (κ1) is 15.3. The molecule has 1 atom stereocenters. The maximum Gasteiger partial charge on any atom is 0.258 e. The molecule has 0 aromatic heterocycles. The van der Waals surface area contributed by atoms with Crippen LogP contribution in [0.25, 0.3) is 6.08 Å². The highest BCUT2D eigenvalue weighted by Gasteiger charge is 2.43. The molecule has 3 aliphatic rings. The van der Waals surface area contributed by atoms with Crippen molar-refractivity contribution < 1.29 is 14.3 Å². The average Bonchev–Trinajstić information content (AvgIpc) is 3.52. The number of carbonyl (C=O) groups is 1. The molecular weight excluding hydrogens is 328 g/mol. The number of carbonyl (C=O) groups excluding carboxylic acids is 1. The summed E-state index contributed by atoms with van der Waals surface area (Å²) in [5, 5.41) is 3.55. The van der Waals surface area contributed by atoms with Gasteiger partial charge in [0, 0.05) is 28.9 Å². The van der Waals surface area contributed by atoms with Crippen molar-refractivity contribution in [1.82, 2.24) is 4.90 Å². The van der Waals surface area contributed by atoms with E-state index in [2.05, 4.69) is 11.4 Å². The van der Waals surface area contributed by atoms with E-state index in [1.54, 1.807) is 7.11 Å². The first-order valence-electron chi connectivity index (χ1n) is 8.94. The number of para-hydroxylation sites is 1. The van der Waals surface area contributed by atoms with Crippen molar-refractivity contribution in [2.75, 3.05) is 19.0 Å². The number of fused-ring (bicyclic) bond motifs is 2. The number of hydrogen-bond acceptors (Lipinski definition) is 4. The molecular formula is C21H20N2O3. The van der Waals surface area contributed by atoms with Gasteiger partial charge >= 0.3 is 0 Å². The second-order valence-corrected chi connectivity index (χ2v) is 6.95. The highest BCUT2D eigenvalue weighted by molar-refractivity contribution is 6.02. The van der Waals surface area contributed by atoms with E-state index in [4.69, 9.17) is 9.47 Å². The van der Waals surface area contributed by atoms with Gasteiger partial charge in [0.05, 0.1) is 12.7 Å². The molecule has 0 unspecified atom stereocenters. The van der Waals surface area contributed by atoms with Gasteiger partial charge in [-0.3, -0.25) is 4.79 Å². The van der Waals surface area contributed by atoms with Gasteiger partial charge in [0.25, 0.3) is 5.91 Å². The van der Waals surface area contributed by atoms with Crippen LogP contribution in [0.3, 0.4) is 0 Å². The Kier molecular flexibility index (Phi) is 3.42. The second kappa shape index (κ2) is 5.80. The van der Waals surface area contributed by atoms with Crippen LogP contribution < -0.4 is 14.8 Å². The van der Waals surface area contributed by atoms with Crippen LogP contribution in [0.4, 0.5) is 5.69 Å². The molecule has 5 heteroatoms. The SMILES string of the molecule is COc1ccc2c(c1)OCC([C@H]1Nc3ccccc3C(=O)N1C1CC1)=C2. The standard InChI is InChI=1S/C21H20N2O3/c1-25-16-9-6-13-10-14(12-26-19(13)11-16)20-22-18-5-3-2-4-17(18)21(24)23(20)15-7-8-15/h2-6,9-11,15,20,22H,7-8,12H2,1H3/t20-/m0/s1. The van der Waals surface area contributed by atoms with Crippen LogP contribution in [0.1, 0.15) is 28.8 Å². The number of nitrogens with one attached hydrogen (secondary N) is 1. The van der Waals surface area contributed by atoms with Crippen LogP contribution in [0.5, 0.6) is 11.5 Å². The molecule has 26 heavy (non-hydrogen) atoms. The lowest BCUT2D eigenvalue weighted by atomic mass is 10.00. The molecule has 1 aliphatic carbocycles. The number of nitrogens with zero attached hydrogens (tertiary/aromatic N) is 1. The van der Waals surface area contributed by atoms with Crippen molar-refractivity contribution in [2.45, 2.75) is 25.0 Å². The van der Waals surface area contributed by atoms with E-state index in [-0.39, 0.29) is 12.1 Å². The first-order valence-corrected chi connectivity index (χ1v) is 8.94. The third-order valence-corrected chi connectivity index (χ3v) is 5.21. The number of ether oxygens (including phenoxy) is 2. The van der Waals surface area contributed by atoms with Crippen LogP contribution in [0, 0.1) is 0 Å². The summed E-state index contributed by atoms with van der Waals surface area (Å²) in [6.45, 7) is 0.455. The Morgan fingerprint density at radius 2 is 2.04 bits per heavy atom. The summed E-state index contributed by atoms with van der Waals surface area (Å²) < 4.78 is 11.2. The van der Waals surface area contributed by atoms with Crippen molar-refractivity contribution in [3.05, 3.63) is 59.2 Å². The van der Waals surface area contributed by atoms with E-state index < -0.39 is 0 Å². The fourth-order valence-corrected chi connectivity index (χ4v) is 3.72. The molecule has 0 radical (unpaired) electrons. The van der Waals surface area contributed by atoms with Gasteiger partial charge in [0.1, 0.15) is 24.3 Å². The zero-order valence-corrected chi connectivity index (χ0v) is 14.6. The number of anilines is 1. The number of amides is 1. The van der Waals surface area contributed by atoms with E-state index in [0.29, 0.717) is 12.6 Å². The van der Waals surface area contributed by atoms with Gasteiger partial charge in [-0.1, -0.05) is 12.1 Å². The third-order valence-electron chi connectivity index (χ3n) is 5.21. The number of rotatable bonds is 3. The lowest BCUT2D eigenvalue weighted by molar-refractivity contribution is 0.0688. The van der Waals surface area contributed by atoms with Crippen LogP contribution >= 0.6 is 0 Å². The molecule has 1 saturated carbocycles. The van der Waals surface area contributed by atoms with Crippen molar-refractivity contribution in [3.8, 4) is 11.5 Å². The van der Waals surface area contributed by atoms with Crippen molar-refractivity contribution in [3.63, 3.8) is 0 Å². The van der Waals surface area contributed by atoms with E-state index >= 15 is 0 Å². The highest BCUT2D eigenvalue weighted by atomic mass is 16.5. The molecule has 0 bridgehead atoms. The Bertz CT molecular complexity index is 917. The minimum atomic E-state index is -0.167. The molecule has 132 valence electrons. The summed E-state index contributed by atoms with van der Waals surface area (Å²) in [5.41, 5.74) is 3.72. The molecule has 1 amide bonds. The Labute approximate surface area is 152 Å². The lowest BCUT2D eigenvalue weighted by Crippen LogP contribution is -2.51. The van der Waals surface area contributed by atoms with Gasteiger partial charge in [0.15, 0.2) is 0 Å². The third kappa shape index (κ3) is 2.43. The molecule has 2 aliphatic heterocycles. The maximum atomic E-state index is 13.1. The summed E-state index contributed by atoms with van der Waals surface area (Å²) in [7, 11) is 1.65. The van der Waals surface area contributed by atoms with Crippen molar-refractivity contribution in [2.24, 2.45) is 0 Å². The smallest absolute Gasteiger partial charge is 0.258 e. The van der Waals surface area contributed by atoms with Crippen molar-refractivity contribution in [1.29, 1.82) is 0 Å². The zero-order valence-electron chi connectivity index (χ0n) is 14.6. The first-order chi connectivity index (χ1) is 12.7. The van der Waals surface area contributed by atoms with Crippen LogP contribution in [-0.2, 0) is 0 Å². The second-order valence-electron chi connectivity index (χ2n) is 6.95. The predicted octanol–water partition coefficient (Wildman–Crippen LogP) is 3.53. The van der Waals surface area contributed by atoms with Gasteiger partial charge in [-0.05, 0) is 43.2 Å². The largest absolute Gasteiger partial charge is 0.497 e. The zero-order chi connectivity index (χ0) is 17.7. The minimum Gasteiger partial charge on any atom is -0.497 e. The van der Waals surface area contributed by atoms with E-state index in [1.807, 2.05) is 47.4 Å². The molecule has 0 saturated heterocycles. The average molecular weight is 348 g/mol. The van der Waals surface area contributed by atoms with Gasteiger partial charge in [0.2, 0.25) is 0 Å². The Morgan fingerprint density at radius 3 is 2.85 bits per heavy atom. The summed E-state index contributed by atoms with van der Waals surface area (Å²) in [6.07, 6.45) is 4.09. The summed E-state index contributed by atoms with van der Waals surface area (Å²) in [5.74, 6) is 1.70. The minimum absolute atomic E-state index is 0.105. The topological polar surface area (TPSA) is 50.8 Å². The predicted molar refractivity (Wildman–Crippen MR) is 99.5 cm³/mol. The van der Waals surface area contributed by atoms with Crippen LogP contribution in [0.15, 0.2) is 48.0 Å².